The second-order valence-corrected chi connectivity index (χ2v) is 6.64. The van der Waals surface area contributed by atoms with Gasteiger partial charge in [0.05, 0.1) is 12.6 Å². The number of likely N-dealkylation sites (N-methyl/N-ethyl adjacent to an activating group) is 1. The van der Waals surface area contributed by atoms with Crippen LogP contribution in [-0.2, 0) is 0 Å². The van der Waals surface area contributed by atoms with Crippen molar-refractivity contribution in [3.63, 3.8) is 0 Å². The molecular formula is C20H27F2N3O. The van der Waals surface area contributed by atoms with Crippen LogP contribution in [0.15, 0.2) is 50.0 Å². The number of methoxy groups -OCH3 is 1. The monoisotopic (exact) mass is 363 g/mol. The molecule has 0 unspecified atom stereocenters. The van der Waals surface area contributed by atoms with Gasteiger partial charge in [-0.05, 0) is 43.3 Å². The summed E-state index contributed by atoms with van der Waals surface area (Å²) in [6.07, 6.45) is 3.71. The first-order valence-electron chi connectivity index (χ1n) is 8.60. The molecule has 1 aromatic heterocycles. The molecule has 4 nitrogen and oxygen atoms in total. The summed E-state index contributed by atoms with van der Waals surface area (Å²) < 4.78 is 32.3. The molecular weight excluding hydrogens is 336 g/mol. The quantitative estimate of drug-likeness (QED) is 0.750. The Morgan fingerprint density at radius 2 is 1.96 bits per heavy atom. The van der Waals surface area contributed by atoms with E-state index in [1.165, 1.54) is 0 Å². The van der Waals surface area contributed by atoms with Crippen LogP contribution in [0.25, 0.3) is 5.57 Å². The van der Waals surface area contributed by atoms with Crippen molar-refractivity contribution in [1.29, 1.82) is 0 Å². The maximum absolute atomic E-state index is 13.6. The average molecular weight is 363 g/mol. The van der Waals surface area contributed by atoms with Gasteiger partial charge in [-0.15, -0.1) is 0 Å². The van der Waals surface area contributed by atoms with E-state index in [1.807, 2.05) is 11.0 Å². The van der Waals surface area contributed by atoms with Gasteiger partial charge >= 0.3 is 0 Å². The van der Waals surface area contributed by atoms with Crippen molar-refractivity contribution in [3.8, 4) is 5.88 Å². The second-order valence-electron chi connectivity index (χ2n) is 6.64. The minimum atomic E-state index is -2.60. The van der Waals surface area contributed by atoms with Gasteiger partial charge in [-0.2, -0.15) is 0 Å². The number of nitrogens with one attached hydrogen (secondary N) is 1. The minimum Gasteiger partial charge on any atom is -0.481 e. The first kappa shape index (κ1) is 20.1. The summed E-state index contributed by atoms with van der Waals surface area (Å²) in [7, 11) is 3.35. The molecule has 0 amide bonds. The normalized spacial score (nSPS) is 18.0. The third kappa shape index (κ3) is 4.30. The number of aromatic nitrogens is 1. The van der Waals surface area contributed by atoms with Gasteiger partial charge in [-0.25, -0.2) is 13.8 Å². The van der Waals surface area contributed by atoms with E-state index < -0.39 is 11.5 Å². The van der Waals surface area contributed by atoms with Crippen LogP contribution < -0.4 is 10.1 Å². The number of rotatable bonds is 8. The fourth-order valence-electron chi connectivity index (χ4n) is 3.28. The maximum atomic E-state index is 13.6. The molecule has 0 bridgehead atoms. The standard InChI is InChI=1S/C20H27F2N3O/c1-6-25(14-15(2)17-7-8-18(26-5)24-13-17)16(3)19(23-4)9-11-20(21,22)12-10-19/h6-8,13,23H,1-3,9-12,14H2,4-5H3. The highest BCUT2D eigenvalue weighted by Gasteiger charge is 2.45. The summed E-state index contributed by atoms with van der Waals surface area (Å²) in [6, 6.07) is 3.65. The molecule has 2 rings (SSSR count). The Bertz CT molecular complexity index is 660. The first-order valence-corrected chi connectivity index (χ1v) is 8.60. The molecule has 26 heavy (non-hydrogen) atoms. The van der Waals surface area contributed by atoms with Crippen LogP contribution in [0.4, 0.5) is 8.78 Å². The van der Waals surface area contributed by atoms with Crippen molar-refractivity contribution < 1.29 is 13.5 Å². The minimum absolute atomic E-state index is 0.152. The highest BCUT2D eigenvalue weighted by Crippen LogP contribution is 2.42. The number of alkyl halides is 2. The topological polar surface area (TPSA) is 37.4 Å². The molecule has 0 radical (unpaired) electrons. The van der Waals surface area contributed by atoms with E-state index in [0.717, 1.165) is 16.8 Å². The maximum Gasteiger partial charge on any atom is 0.248 e. The lowest BCUT2D eigenvalue weighted by atomic mass is 9.77. The number of hydrogen-bond acceptors (Lipinski definition) is 4. The average Bonchev–Trinajstić information content (AvgIpc) is 2.66. The summed E-state index contributed by atoms with van der Waals surface area (Å²) in [5, 5.41) is 3.22. The molecule has 1 N–H and O–H groups in total. The van der Waals surface area contributed by atoms with Crippen molar-refractivity contribution in [3.05, 3.63) is 55.5 Å². The number of halogens is 2. The summed E-state index contributed by atoms with van der Waals surface area (Å²) in [5.74, 6) is -2.07. The van der Waals surface area contributed by atoms with Gasteiger partial charge in [-0.3, -0.25) is 0 Å². The number of ether oxygens (including phenoxy) is 1. The van der Waals surface area contributed by atoms with E-state index in [1.54, 1.807) is 32.6 Å². The SMILES string of the molecule is C=CN(CC(=C)c1ccc(OC)nc1)C(=C)C1(NC)CCC(F)(F)CC1. The lowest BCUT2D eigenvalue weighted by Gasteiger charge is -2.44. The predicted molar refractivity (Wildman–Crippen MR) is 101 cm³/mol. The van der Waals surface area contributed by atoms with E-state index >= 15 is 0 Å². The molecule has 0 aromatic carbocycles. The smallest absolute Gasteiger partial charge is 0.248 e. The van der Waals surface area contributed by atoms with Crippen LogP contribution in [0.3, 0.4) is 0 Å². The van der Waals surface area contributed by atoms with Crippen LogP contribution in [0.2, 0.25) is 0 Å². The molecule has 0 atom stereocenters. The molecule has 1 aromatic rings. The molecule has 0 spiro atoms. The largest absolute Gasteiger partial charge is 0.481 e. The molecule has 1 heterocycles. The van der Waals surface area contributed by atoms with E-state index in [4.69, 9.17) is 4.74 Å². The Kier molecular flexibility index (Phi) is 6.18. The Labute approximate surface area is 154 Å². The van der Waals surface area contributed by atoms with Crippen LogP contribution in [0, 0.1) is 0 Å². The van der Waals surface area contributed by atoms with Gasteiger partial charge in [0.15, 0.2) is 0 Å². The van der Waals surface area contributed by atoms with Crippen molar-refractivity contribution in [2.24, 2.45) is 0 Å². The molecule has 1 aliphatic rings. The number of hydrogen-bond donors (Lipinski definition) is 1. The van der Waals surface area contributed by atoms with Gasteiger partial charge < -0.3 is 15.0 Å². The molecule has 1 aliphatic carbocycles. The van der Waals surface area contributed by atoms with E-state index in [2.05, 4.69) is 30.0 Å². The van der Waals surface area contributed by atoms with Crippen LogP contribution in [0.1, 0.15) is 31.2 Å². The summed E-state index contributed by atoms with van der Waals surface area (Å²) in [6.45, 7) is 12.6. The summed E-state index contributed by atoms with van der Waals surface area (Å²) >= 11 is 0. The molecule has 1 fully saturated rings. The van der Waals surface area contributed by atoms with Crippen LogP contribution >= 0.6 is 0 Å². The lowest BCUT2D eigenvalue weighted by Crippen LogP contribution is -2.52. The molecule has 0 aliphatic heterocycles. The third-order valence-electron chi connectivity index (χ3n) is 5.15. The van der Waals surface area contributed by atoms with Gasteiger partial charge in [0.2, 0.25) is 11.8 Å². The zero-order valence-corrected chi connectivity index (χ0v) is 15.5. The summed E-state index contributed by atoms with van der Waals surface area (Å²) in [5.41, 5.74) is 1.87. The Morgan fingerprint density at radius 3 is 2.42 bits per heavy atom. The first-order chi connectivity index (χ1) is 12.3. The molecule has 6 heteroatoms. The molecule has 142 valence electrons. The zero-order chi connectivity index (χ0) is 19.4. The van der Waals surface area contributed by atoms with Gasteiger partial charge in [-0.1, -0.05) is 19.7 Å². The fraction of sp³-hybridized carbons (Fsp3) is 0.450. The second kappa shape index (κ2) is 7.99. The van der Waals surface area contributed by atoms with E-state index in [9.17, 15) is 8.78 Å². The van der Waals surface area contributed by atoms with Gasteiger partial charge in [0, 0.05) is 37.3 Å². The molecule has 0 saturated heterocycles. The van der Waals surface area contributed by atoms with Crippen LogP contribution in [0.5, 0.6) is 5.88 Å². The zero-order valence-electron chi connectivity index (χ0n) is 15.5. The van der Waals surface area contributed by atoms with Crippen LogP contribution in [-0.4, -0.2) is 42.0 Å². The fourth-order valence-corrected chi connectivity index (χ4v) is 3.28. The highest BCUT2D eigenvalue weighted by molar-refractivity contribution is 5.64. The third-order valence-corrected chi connectivity index (χ3v) is 5.15. The molecule has 1 saturated carbocycles. The Balaban J connectivity index is 2.12. The highest BCUT2D eigenvalue weighted by atomic mass is 19.3. The number of nitrogens with zero attached hydrogens (tertiary/aromatic N) is 2. The van der Waals surface area contributed by atoms with E-state index in [0.29, 0.717) is 25.3 Å². The van der Waals surface area contributed by atoms with Gasteiger partial charge in [0.25, 0.3) is 0 Å². The van der Waals surface area contributed by atoms with Crippen molar-refractivity contribution in [2.75, 3.05) is 20.7 Å². The van der Waals surface area contributed by atoms with Crippen molar-refractivity contribution in [2.45, 2.75) is 37.1 Å². The van der Waals surface area contributed by atoms with E-state index in [-0.39, 0.29) is 12.8 Å². The number of pyridine rings is 1. The predicted octanol–water partition coefficient (Wildman–Crippen LogP) is 4.23. The lowest BCUT2D eigenvalue weighted by molar-refractivity contribution is -0.0519. The Morgan fingerprint density at radius 1 is 1.31 bits per heavy atom. The Hall–Kier alpha value is -2.21. The van der Waals surface area contributed by atoms with Crippen molar-refractivity contribution in [1.82, 2.24) is 15.2 Å². The van der Waals surface area contributed by atoms with Crippen molar-refractivity contribution >= 4 is 5.57 Å². The summed E-state index contributed by atoms with van der Waals surface area (Å²) in [4.78, 5) is 6.05. The van der Waals surface area contributed by atoms with Gasteiger partial charge in [0.1, 0.15) is 0 Å².